The van der Waals surface area contributed by atoms with E-state index in [0.717, 1.165) is 18.5 Å². The van der Waals surface area contributed by atoms with E-state index in [0.29, 0.717) is 37.4 Å². The molecular weight excluding hydrogens is 258 g/mol. The van der Waals surface area contributed by atoms with Crippen LogP contribution >= 0.6 is 0 Å². The molecule has 2 heterocycles. The van der Waals surface area contributed by atoms with Crippen molar-refractivity contribution in [3.05, 3.63) is 17.5 Å². The Morgan fingerprint density at radius 3 is 2.45 bits per heavy atom. The summed E-state index contributed by atoms with van der Waals surface area (Å²) in [6.45, 7) is 1.05. The molecule has 2 fully saturated rings. The predicted molar refractivity (Wildman–Crippen MR) is 71.4 cm³/mol. The molecule has 1 aliphatic carbocycles. The lowest BCUT2D eigenvalue weighted by Crippen LogP contribution is -2.40. The lowest BCUT2D eigenvalue weighted by Gasteiger charge is -2.30. The second-order valence-corrected chi connectivity index (χ2v) is 5.75. The van der Waals surface area contributed by atoms with E-state index in [4.69, 9.17) is 5.11 Å². The summed E-state index contributed by atoms with van der Waals surface area (Å²) in [6.07, 6.45) is 4.99. The van der Waals surface area contributed by atoms with E-state index in [1.165, 1.54) is 0 Å². The maximum Gasteiger partial charge on any atom is 0.306 e. The molecule has 0 aromatic carbocycles. The molecule has 108 valence electrons. The average Bonchev–Trinajstić information content (AvgIpc) is 3.21. The summed E-state index contributed by atoms with van der Waals surface area (Å²) in [7, 11) is 1.88. The van der Waals surface area contributed by atoms with Crippen LogP contribution < -0.4 is 0 Å². The zero-order valence-electron chi connectivity index (χ0n) is 11.6. The third kappa shape index (κ3) is 2.30. The SMILES string of the molecule is Cn1ncc(C(=O)N2CCC(C(=O)O)CC2)c1C1CC1. The Morgan fingerprint density at radius 2 is 1.90 bits per heavy atom. The number of carboxylic acids is 1. The van der Waals surface area contributed by atoms with Gasteiger partial charge in [0.15, 0.2) is 0 Å². The number of aliphatic carboxylic acids is 1. The highest BCUT2D eigenvalue weighted by molar-refractivity contribution is 5.95. The van der Waals surface area contributed by atoms with Gasteiger partial charge in [-0.15, -0.1) is 0 Å². The van der Waals surface area contributed by atoms with Crippen molar-refractivity contribution in [2.24, 2.45) is 13.0 Å². The van der Waals surface area contributed by atoms with Crippen LogP contribution in [0.25, 0.3) is 0 Å². The highest BCUT2D eigenvalue weighted by Crippen LogP contribution is 2.41. The van der Waals surface area contributed by atoms with Crippen LogP contribution in [0.5, 0.6) is 0 Å². The monoisotopic (exact) mass is 277 g/mol. The zero-order chi connectivity index (χ0) is 14.3. The van der Waals surface area contributed by atoms with E-state index >= 15 is 0 Å². The molecule has 0 spiro atoms. The number of carbonyl (C=O) groups excluding carboxylic acids is 1. The van der Waals surface area contributed by atoms with Crippen LogP contribution in [0.2, 0.25) is 0 Å². The van der Waals surface area contributed by atoms with Crippen molar-refractivity contribution in [1.29, 1.82) is 0 Å². The minimum atomic E-state index is -0.753. The molecule has 1 saturated carbocycles. The summed E-state index contributed by atoms with van der Waals surface area (Å²) in [6, 6.07) is 0. The number of aryl methyl sites for hydroxylation is 1. The molecule has 20 heavy (non-hydrogen) atoms. The van der Waals surface area contributed by atoms with Gasteiger partial charge in [-0.3, -0.25) is 14.3 Å². The molecule has 1 aromatic heterocycles. The summed E-state index contributed by atoms with van der Waals surface area (Å²) >= 11 is 0. The molecule has 2 aliphatic rings. The van der Waals surface area contributed by atoms with Crippen molar-refractivity contribution in [2.45, 2.75) is 31.6 Å². The van der Waals surface area contributed by atoms with Crippen LogP contribution in [-0.4, -0.2) is 44.8 Å². The fraction of sp³-hybridized carbons (Fsp3) is 0.643. The summed E-state index contributed by atoms with van der Waals surface area (Å²) in [5, 5.41) is 13.2. The van der Waals surface area contributed by atoms with E-state index in [2.05, 4.69) is 5.10 Å². The quantitative estimate of drug-likeness (QED) is 0.901. The fourth-order valence-electron chi connectivity index (χ4n) is 2.95. The van der Waals surface area contributed by atoms with Crippen molar-refractivity contribution in [3.63, 3.8) is 0 Å². The first-order valence-corrected chi connectivity index (χ1v) is 7.12. The van der Waals surface area contributed by atoms with Crippen LogP contribution in [0.15, 0.2) is 6.20 Å². The van der Waals surface area contributed by atoms with Gasteiger partial charge in [0.05, 0.1) is 23.4 Å². The number of piperidine rings is 1. The maximum atomic E-state index is 12.6. The van der Waals surface area contributed by atoms with Crippen molar-refractivity contribution in [1.82, 2.24) is 14.7 Å². The molecule has 3 rings (SSSR count). The minimum absolute atomic E-state index is 0.00355. The van der Waals surface area contributed by atoms with Gasteiger partial charge in [-0.2, -0.15) is 5.10 Å². The Hall–Kier alpha value is -1.85. The number of hydrogen-bond acceptors (Lipinski definition) is 3. The van der Waals surface area contributed by atoms with E-state index in [1.54, 1.807) is 15.8 Å². The number of amides is 1. The number of hydrogen-bond donors (Lipinski definition) is 1. The summed E-state index contributed by atoms with van der Waals surface area (Å²) < 4.78 is 1.80. The van der Waals surface area contributed by atoms with Gasteiger partial charge < -0.3 is 10.0 Å². The van der Waals surface area contributed by atoms with E-state index in [1.807, 2.05) is 7.05 Å². The zero-order valence-corrected chi connectivity index (χ0v) is 11.6. The number of likely N-dealkylation sites (tertiary alicyclic amines) is 1. The van der Waals surface area contributed by atoms with Gasteiger partial charge in [0.1, 0.15) is 0 Å². The van der Waals surface area contributed by atoms with E-state index < -0.39 is 5.97 Å². The summed E-state index contributed by atoms with van der Waals surface area (Å²) in [5.41, 5.74) is 1.74. The molecule has 0 bridgehead atoms. The van der Waals surface area contributed by atoms with Gasteiger partial charge in [-0.05, 0) is 25.7 Å². The number of nitrogens with zero attached hydrogens (tertiary/aromatic N) is 3. The highest BCUT2D eigenvalue weighted by Gasteiger charge is 2.34. The number of aromatic nitrogens is 2. The number of carbonyl (C=O) groups is 2. The molecule has 6 heteroatoms. The first-order valence-electron chi connectivity index (χ1n) is 7.12. The summed E-state index contributed by atoms with van der Waals surface area (Å²) in [4.78, 5) is 25.3. The van der Waals surface area contributed by atoms with Crippen LogP contribution in [0.3, 0.4) is 0 Å². The largest absolute Gasteiger partial charge is 0.481 e. The molecule has 1 amide bonds. The minimum Gasteiger partial charge on any atom is -0.481 e. The van der Waals surface area contributed by atoms with Crippen molar-refractivity contribution >= 4 is 11.9 Å². The van der Waals surface area contributed by atoms with Crippen LogP contribution in [0.1, 0.15) is 47.7 Å². The first kappa shape index (κ1) is 13.1. The van der Waals surface area contributed by atoms with Gasteiger partial charge in [0.2, 0.25) is 0 Å². The Morgan fingerprint density at radius 1 is 1.25 bits per heavy atom. The number of carboxylic acid groups (broad SMARTS) is 1. The maximum absolute atomic E-state index is 12.6. The molecule has 1 aliphatic heterocycles. The molecule has 1 N–H and O–H groups in total. The molecule has 0 radical (unpaired) electrons. The standard InChI is InChI=1S/C14H19N3O3/c1-16-12(9-2-3-9)11(8-15-16)13(18)17-6-4-10(5-7-17)14(19)20/h8-10H,2-7H2,1H3,(H,19,20). The van der Waals surface area contributed by atoms with Gasteiger partial charge in [0.25, 0.3) is 5.91 Å². The van der Waals surface area contributed by atoms with Crippen molar-refractivity contribution in [3.8, 4) is 0 Å². The van der Waals surface area contributed by atoms with Crippen LogP contribution in [0.4, 0.5) is 0 Å². The Kier molecular flexibility index (Phi) is 3.23. The van der Waals surface area contributed by atoms with Crippen LogP contribution in [0, 0.1) is 5.92 Å². The molecule has 1 saturated heterocycles. The van der Waals surface area contributed by atoms with Crippen molar-refractivity contribution < 1.29 is 14.7 Å². The topological polar surface area (TPSA) is 75.4 Å². The van der Waals surface area contributed by atoms with E-state index in [9.17, 15) is 9.59 Å². The molecule has 0 atom stereocenters. The smallest absolute Gasteiger partial charge is 0.306 e. The average molecular weight is 277 g/mol. The van der Waals surface area contributed by atoms with Gasteiger partial charge in [0, 0.05) is 26.1 Å². The molecule has 1 aromatic rings. The van der Waals surface area contributed by atoms with E-state index in [-0.39, 0.29) is 11.8 Å². The third-order valence-corrected chi connectivity index (χ3v) is 4.31. The van der Waals surface area contributed by atoms with Gasteiger partial charge in [-0.25, -0.2) is 0 Å². The summed E-state index contributed by atoms with van der Waals surface area (Å²) in [5.74, 6) is -0.588. The lowest BCUT2D eigenvalue weighted by molar-refractivity contribution is -0.143. The number of rotatable bonds is 3. The highest BCUT2D eigenvalue weighted by atomic mass is 16.4. The van der Waals surface area contributed by atoms with Gasteiger partial charge in [-0.1, -0.05) is 0 Å². The second kappa shape index (κ2) is 4.92. The fourth-order valence-corrected chi connectivity index (χ4v) is 2.95. The third-order valence-electron chi connectivity index (χ3n) is 4.31. The Balaban J connectivity index is 1.72. The Bertz CT molecular complexity index is 540. The molecule has 0 unspecified atom stereocenters. The Labute approximate surface area is 117 Å². The molecular formula is C14H19N3O3. The predicted octanol–water partition coefficient (Wildman–Crippen LogP) is 1.23. The first-order chi connectivity index (χ1) is 9.58. The van der Waals surface area contributed by atoms with Gasteiger partial charge >= 0.3 is 5.97 Å². The normalized spacial score (nSPS) is 20.1. The second-order valence-electron chi connectivity index (χ2n) is 5.75. The molecule has 6 nitrogen and oxygen atoms in total. The van der Waals surface area contributed by atoms with Crippen molar-refractivity contribution in [2.75, 3.05) is 13.1 Å². The van der Waals surface area contributed by atoms with Crippen LogP contribution in [-0.2, 0) is 11.8 Å². The lowest BCUT2D eigenvalue weighted by atomic mass is 9.96.